The third kappa shape index (κ3) is 5.13. The molecule has 0 radical (unpaired) electrons. The van der Waals surface area contributed by atoms with Gasteiger partial charge in [0.25, 0.3) is 5.91 Å². The zero-order valence-corrected chi connectivity index (χ0v) is 16.0. The van der Waals surface area contributed by atoms with Crippen molar-refractivity contribution < 1.29 is 22.8 Å². The lowest BCUT2D eigenvalue weighted by atomic mass is 10.1. The maximum atomic E-state index is 13.3. The normalized spacial score (nSPS) is 17.3. The van der Waals surface area contributed by atoms with Crippen LogP contribution in [0, 0.1) is 5.82 Å². The van der Waals surface area contributed by atoms with E-state index in [2.05, 4.69) is 4.90 Å². The van der Waals surface area contributed by atoms with Gasteiger partial charge in [-0.05, 0) is 42.5 Å². The lowest BCUT2D eigenvalue weighted by molar-refractivity contribution is -0.0442. The van der Waals surface area contributed by atoms with Crippen LogP contribution in [0.4, 0.5) is 4.39 Å². The number of amides is 1. The maximum absolute atomic E-state index is 13.3. The molecule has 29 heavy (non-hydrogen) atoms. The van der Waals surface area contributed by atoms with E-state index in [9.17, 15) is 9.18 Å². The first-order valence-electron chi connectivity index (χ1n) is 9.59. The second-order valence-electron chi connectivity index (χ2n) is 7.13. The molecule has 1 aromatic carbocycles. The first-order chi connectivity index (χ1) is 14.2. The molecule has 1 saturated heterocycles. The van der Waals surface area contributed by atoms with Gasteiger partial charge in [0, 0.05) is 37.3 Å². The van der Waals surface area contributed by atoms with Crippen LogP contribution in [0.1, 0.15) is 21.7 Å². The first-order valence-corrected chi connectivity index (χ1v) is 9.59. The van der Waals surface area contributed by atoms with Crippen LogP contribution in [-0.2, 0) is 17.8 Å². The SMILES string of the molecule is O=C(c1ccc(F)cc1)N(Cc1ccco1)CC1CN(Cc2ccoc2)CCO1. The lowest BCUT2D eigenvalue weighted by Gasteiger charge is -2.35. The molecule has 3 heterocycles. The van der Waals surface area contributed by atoms with Crippen molar-refractivity contribution in [3.8, 4) is 0 Å². The second-order valence-corrected chi connectivity index (χ2v) is 7.13. The molecular formula is C22H23FN2O4. The summed E-state index contributed by atoms with van der Waals surface area (Å²) in [6.07, 6.45) is 4.86. The summed E-state index contributed by atoms with van der Waals surface area (Å²) in [6.45, 7) is 3.65. The highest BCUT2D eigenvalue weighted by Gasteiger charge is 2.26. The summed E-state index contributed by atoms with van der Waals surface area (Å²) in [5.41, 5.74) is 1.55. The molecule has 0 aliphatic carbocycles. The number of carbonyl (C=O) groups is 1. The monoisotopic (exact) mass is 398 g/mol. The summed E-state index contributed by atoms with van der Waals surface area (Å²) in [5, 5.41) is 0. The number of benzene rings is 1. The number of furan rings is 2. The van der Waals surface area contributed by atoms with Gasteiger partial charge in [0.15, 0.2) is 0 Å². The fourth-order valence-corrected chi connectivity index (χ4v) is 3.51. The molecule has 1 amide bonds. The van der Waals surface area contributed by atoms with Crippen LogP contribution in [0.2, 0.25) is 0 Å². The molecule has 2 aromatic heterocycles. The summed E-state index contributed by atoms with van der Waals surface area (Å²) >= 11 is 0. The van der Waals surface area contributed by atoms with E-state index >= 15 is 0 Å². The van der Waals surface area contributed by atoms with E-state index in [-0.39, 0.29) is 17.8 Å². The Hall–Kier alpha value is -2.90. The standard InChI is InChI=1S/C22H23FN2O4/c23-19-5-3-18(4-6-19)22(26)25(14-20-2-1-9-28-20)15-21-13-24(8-11-29-21)12-17-7-10-27-16-17/h1-7,9-10,16,21H,8,11-15H2. The first kappa shape index (κ1) is 19.4. The highest BCUT2D eigenvalue weighted by molar-refractivity contribution is 5.94. The van der Waals surface area contributed by atoms with E-state index in [1.807, 2.05) is 12.1 Å². The van der Waals surface area contributed by atoms with E-state index < -0.39 is 0 Å². The molecule has 0 N–H and O–H groups in total. The molecule has 0 saturated carbocycles. The number of morpholine rings is 1. The Morgan fingerprint density at radius 3 is 2.76 bits per heavy atom. The van der Waals surface area contributed by atoms with Crippen LogP contribution < -0.4 is 0 Å². The van der Waals surface area contributed by atoms with Gasteiger partial charge in [-0.25, -0.2) is 4.39 Å². The Balaban J connectivity index is 1.45. The predicted molar refractivity (Wildman–Crippen MR) is 104 cm³/mol. The number of carbonyl (C=O) groups excluding carboxylic acids is 1. The van der Waals surface area contributed by atoms with E-state index in [1.165, 1.54) is 24.3 Å². The van der Waals surface area contributed by atoms with Crippen molar-refractivity contribution in [2.75, 3.05) is 26.2 Å². The third-order valence-corrected chi connectivity index (χ3v) is 4.94. The molecule has 152 valence electrons. The molecule has 1 aliphatic heterocycles. The number of ether oxygens (including phenoxy) is 1. The number of hydrogen-bond donors (Lipinski definition) is 0. The van der Waals surface area contributed by atoms with Crippen LogP contribution in [0.15, 0.2) is 70.1 Å². The van der Waals surface area contributed by atoms with Crippen molar-refractivity contribution in [1.82, 2.24) is 9.80 Å². The summed E-state index contributed by atoms with van der Waals surface area (Å²) in [7, 11) is 0. The van der Waals surface area contributed by atoms with Crippen molar-refractivity contribution in [3.05, 3.63) is 84.0 Å². The van der Waals surface area contributed by atoms with Gasteiger partial charge in [-0.1, -0.05) is 0 Å². The van der Waals surface area contributed by atoms with Crippen molar-refractivity contribution in [1.29, 1.82) is 0 Å². The highest BCUT2D eigenvalue weighted by Crippen LogP contribution is 2.16. The summed E-state index contributed by atoms with van der Waals surface area (Å²) in [6, 6.07) is 11.2. The van der Waals surface area contributed by atoms with Crippen molar-refractivity contribution in [2.24, 2.45) is 0 Å². The smallest absolute Gasteiger partial charge is 0.254 e. The molecule has 1 unspecified atom stereocenters. The zero-order valence-electron chi connectivity index (χ0n) is 16.0. The molecule has 0 spiro atoms. The Labute approximate surface area is 168 Å². The van der Waals surface area contributed by atoms with Crippen LogP contribution in [0.5, 0.6) is 0 Å². The number of rotatable bonds is 7. The van der Waals surface area contributed by atoms with E-state index in [0.717, 1.165) is 18.7 Å². The largest absolute Gasteiger partial charge is 0.472 e. The fourth-order valence-electron chi connectivity index (χ4n) is 3.51. The van der Waals surface area contributed by atoms with Crippen molar-refractivity contribution in [3.63, 3.8) is 0 Å². The summed E-state index contributed by atoms with van der Waals surface area (Å²) in [4.78, 5) is 17.1. The molecule has 7 heteroatoms. The Bertz CT molecular complexity index is 894. The summed E-state index contributed by atoms with van der Waals surface area (Å²) in [5.74, 6) is 0.133. The number of nitrogens with zero attached hydrogens (tertiary/aromatic N) is 2. The Morgan fingerprint density at radius 1 is 1.17 bits per heavy atom. The molecule has 4 rings (SSSR count). The molecule has 0 bridgehead atoms. The average Bonchev–Trinajstić information content (AvgIpc) is 3.42. The fraction of sp³-hybridized carbons (Fsp3) is 0.318. The van der Waals surface area contributed by atoms with Gasteiger partial charge in [0.1, 0.15) is 11.6 Å². The van der Waals surface area contributed by atoms with Crippen LogP contribution >= 0.6 is 0 Å². The predicted octanol–water partition coefficient (Wildman–Crippen LogP) is 3.56. The Morgan fingerprint density at radius 2 is 2.03 bits per heavy atom. The highest BCUT2D eigenvalue weighted by atomic mass is 19.1. The van der Waals surface area contributed by atoms with Gasteiger partial charge in [-0.15, -0.1) is 0 Å². The maximum Gasteiger partial charge on any atom is 0.254 e. The molecule has 3 aromatic rings. The summed E-state index contributed by atoms with van der Waals surface area (Å²) < 4.78 is 29.8. The molecular weight excluding hydrogens is 375 g/mol. The quantitative estimate of drug-likeness (QED) is 0.609. The van der Waals surface area contributed by atoms with Crippen LogP contribution in [-0.4, -0.2) is 48.1 Å². The third-order valence-electron chi connectivity index (χ3n) is 4.94. The Kier molecular flexibility index (Phi) is 6.07. The second kappa shape index (κ2) is 9.07. The van der Waals surface area contributed by atoms with Gasteiger partial charge >= 0.3 is 0 Å². The number of halogens is 1. The van der Waals surface area contributed by atoms with Gasteiger partial charge in [-0.3, -0.25) is 9.69 Å². The van der Waals surface area contributed by atoms with E-state index in [1.54, 1.807) is 29.8 Å². The van der Waals surface area contributed by atoms with Crippen molar-refractivity contribution >= 4 is 5.91 Å². The van der Waals surface area contributed by atoms with E-state index in [4.69, 9.17) is 13.6 Å². The lowest BCUT2D eigenvalue weighted by Crippen LogP contribution is -2.48. The van der Waals surface area contributed by atoms with E-state index in [0.29, 0.717) is 37.6 Å². The molecule has 1 atom stereocenters. The van der Waals surface area contributed by atoms with Gasteiger partial charge in [0.05, 0.1) is 38.0 Å². The van der Waals surface area contributed by atoms with Gasteiger partial charge in [-0.2, -0.15) is 0 Å². The topological polar surface area (TPSA) is 59.1 Å². The average molecular weight is 398 g/mol. The van der Waals surface area contributed by atoms with Crippen LogP contribution in [0.25, 0.3) is 0 Å². The molecule has 6 nitrogen and oxygen atoms in total. The van der Waals surface area contributed by atoms with Crippen LogP contribution in [0.3, 0.4) is 0 Å². The zero-order chi connectivity index (χ0) is 20.1. The minimum atomic E-state index is -0.371. The van der Waals surface area contributed by atoms with Gasteiger partial charge < -0.3 is 18.5 Å². The minimum absolute atomic E-state index is 0.130. The number of hydrogen-bond acceptors (Lipinski definition) is 5. The molecule has 1 aliphatic rings. The molecule has 1 fully saturated rings. The van der Waals surface area contributed by atoms with Crippen molar-refractivity contribution in [2.45, 2.75) is 19.2 Å². The van der Waals surface area contributed by atoms with Gasteiger partial charge in [0.2, 0.25) is 0 Å². The minimum Gasteiger partial charge on any atom is -0.472 e.